The third kappa shape index (κ3) is 2.08. The number of nitro benzene ring substituents is 1. The molecule has 126 valence electrons. The van der Waals surface area contributed by atoms with Crippen molar-refractivity contribution in [3.8, 4) is 0 Å². The SMILES string of the molecule is CN1C(=O)C2(Cc3cc([N+](=O)[O-])ccc3N(C)C2)C(=O)N(C)C1=S. The molecule has 0 unspecified atom stereocenters. The molecule has 0 radical (unpaired) electrons. The maximum absolute atomic E-state index is 12.9. The Morgan fingerprint density at radius 1 is 1.17 bits per heavy atom. The zero-order valence-corrected chi connectivity index (χ0v) is 14.3. The minimum atomic E-state index is -1.32. The van der Waals surface area contributed by atoms with Gasteiger partial charge in [-0.3, -0.25) is 29.5 Å². The van der Waals surface area contributed by atoms with Crippen LogP contribution in [0.25, 0.3) is 0 Å². The van der Waals surface area contributed by atoms with Crippen molar-refractivity contribution in [2.75, 3.05) is 32.6 Å². The van der Waals surface area contributed by atoms with Crippen LogP contribution in [0.15, 0.2) is 18.2 Å². The summed E-state index contributed by atoms with van der Waals surface area (Å²) < 4.78 is 0. The quantitative estimate of drug-likeness (QED) is 0.323. The zero-order valence-electron chi connectivity index (χ0n) is 13.5. The molecule has 1 saturated heterocycles. The molecule has 0 aliphatic carbocycles. The Bertz CT molecular complexity index is 770. The van der Waals surface area contributed by atoms with E-state index < -0.39 is 10.3 Å². The smallest absolute Gasteiger partial charge is 0.269 e. The standard InChI is InChI=1S/C15H16N4O4S/c1-16-8-15(12(20)17(2)14(24)18(3)13(15)21)7-9-6-10(19(22)23)4-5-11(9)16/h4-6H,7-8H2,1-3H3. The lowest BCUT2D eigenvalue weighted by Gasteiger charge is -2.47. The number of anilines is 1. The van der Waals surface area contributed by atoms with E-state index in [-0.39, 0.29) is 35.6 Å². The lowest BCUT2D eigenvalue weighted by Crippen LogP contribution is -2.67. The first-order valence-electron chi connectivity index (χ1n) is 7.28. The van der Waals surface area contributed by atoms with Crippen molar-refractivity contribution < 1.29 is 14.5 Å². The van der Waals surface area contributed by atoms with Gasteiger partial charge in [-0.25, -0.2) is 0 Å². The van der Waals surface area contributed by atoms with Crippen LogP contribution in [0.2, 0.25) is 0 Å². The summed E-state index contributed by atoms with van der Waals surface area (Å²) in [6.07, 6.45) is 0.114. The highest BCUT2D eigenvalue weighted by Crippen LogP contribution is 2.41. The Labute approximate surface area is 143 Å². The molecule has 0 aromatic heterocycles. The fourth-order valence-electron chi connectivity index (χ4n) is 3.49. The number of non-ortho nitro benzene ring substituents is 1. The molecular weight excluding hydrogens is 332 g/mol. The van der Waals surface area contributed by atoms with E-state index in [9.17, 15) is 19.7 Å². The highest BCUT2D eigenvalue weighted by atomic mass is 32.1. The molecule has 3 rings (SSSR count). The normalized spacial score (nSPS) is 19.8. The van der Waals surface area contributed by atoms with Crippen LogP contribution in [0.5, 0.6) is 0 Å². The molecule has 24 heavy (non-hydrogen) atoms. The van der Waals surface area contributed by atoms with Gasteiger partial charge in [0.05, 0.1) is 4.92 Å². The van der Waals surface area contributed by atoms with Gasteiger partial charge in [-0.05, 0) is 30.3 Å². The minimum absolute atomic E-state index is 0.0628. The van der Waals surface area contributed by atoms with E-state index in [0.717, 1.165) is 5.69 Å². The third-order valence-corrected chi connectivity index (χ3v) is 5.23. The van der Waals surface area contributed by atoms with Crippen LogP contribution >= 0.6 is 12.2 Å². The first kappa shape index (κ1) is 16.3. The van der Waals surface area contributed by atoms with Gasteiger partial charge in [-0.2, -0.15) is 0 Å². The van der Waals surface area contributed by atoms with E-state index in [2.05, 4.69) is 0 Å². The maximum atomic E-state index is 12.9. The van der Waals surface area contributed by atoms with Crippen molar-refractivity contribution in [2.45, 2.75) is 6.42 Å². The summed E-state index contributed by atoms with van der Waals surface area (Å²) in [5, 5.41) is 11.2. The summed E-state index contributed by atoms with van der Waals surface area (Å²) in [5.41, 5.74) is 0.00895. The summed E-state index contributed by atoms with van der Waals surface area (Å²) in [6, 6.07) is 4.50. The molecule has 0 N–H and O–H groups in total. The van der Waals surface area contributed by atoms with Gasteiger partial charge in [0.15, 0.2) is 5.11 Å². The van der Waals surface area contributed by atoms with Crippen molar-refractivity contribution in [3.63, 3.8) is 0 Å². The van der Waals surface area contributed by atoms with Crippen LogP contribution in [-0.4, -0.2) is 59.3 Å². The molecular formula is C15H16N4O4S. The fraction of sp³-hybridized carbons (Fsp3) is 0.400. The molecule has 1 aromatic carbocycles. The average Bonchev–Trinajstić information content (AvgIpc) is 2.56. The number of amides is 2. The molecule has 2 amide bonds. The largest absolute Gasteiger partial charge is 0.373 e. The first-order chi connectivity index (χ1) is 11.2. The van der Waals surface area contributed by atoms with Gasteiger partial charge in [-0.1, -0.05) is 0 Å². The first-order valence-corrected chi connectivity index (χ1v) is 7.68. The Morgan fingerprint density at radius 3 is 2.29 bits per heavy atom. The van der Waals surface area contributed by atoms with E-state index >= 15 is 0 Å². The van der Waals surface area contributed by atoms with Crippen LogP contribution in [0.4, 0.5) is 11.4 Å². The summed E-state index contributed by atoms with van der Waals surface area (Å²) >= 11 is 5.13. The number of thiocarbonyl (C=S) groups is 1. The number of nitrogens with zero attached hydrogens (tertiary/aromatic N) is 4. The van der Waals surface area contributed by atoms with Crippen LogP contribution in [0.3, 0.4) is 0 Å². The Kier molecular flexibility index (Phi) is 3.56. The van der Waals surface area contributed by atoms with Crippen molar-refractivity contribution in [1.29, 1.82) is 0 Å². The molecule has 9 heteroatoms. The van der Waals surface area contributed by atoms with Crippen molar-refractivity contribution in [3.05, 3.63) is 33.9 Å². The molecule has 0 saturated carbocycles. The number of rotatable bonds is 1. The second-order valence-electron chi connectivity index (χ2n) is 6.20. The van der Waals surface area contributed by atoms with E-state index in [1.807, 2.05) is 0 Å². The summed E-state index contributed by atoms with van der Waals surface area (Å²) in [5.74, 6) is -0.751. The fourth-order valence-corrected chi connectivity index (χ4v) is 3.66. The van der Waals surface area contributed by atoms with Crippen LogP contribution < -0.4 is 4.90 Å². The number of nitro groups is 1. The van der Waals surface area contributed by atoms with Gasteiger partial charge in [0.2, 0.25) is 11.8 Å². The van der Waals surface area contributed by atoms with E-state index in [0.29, 0.717) is 5.56 Å². The van der Waals surface area contributed by atoms with Crippen LogP contribution in [0.1, 0.15) is 5.56 Å². The predicted octanol–water partition coefficient (Wildman–Crippen LogP) is 0.789. The molecule has 1 spiro atoms. The number of hydrogen-bond donors (Lipinski definition) is 0. The molecule has 0 bridgehead atoms. The number of carbonyl (C=O) groups is 2. The Balaban J connectivity index is 2.12. The van der Waals surface area contributed by atoms with Crippen molar-refractivity contribution >= 4 is 40.5 Å². The second-order valence-corrected chi connectivity index (χ2v) is 6.56. The number of hydrogen-bond acceptors (Lipinski definition) is 6. The van der Waals surface area contributed by atoms with E-state index in [1.54, 1.807) is 18.0 Å². The molecule has 2 aliphatic rings. The Hall–Kier alpha value is -2.55. The maximum Gasteiger partial charge on any atom is 0.269 e. The summed E-state index contributed by atoms with van der Waals surface area (Å²) in [4.78, 5) is 40.7. The predicted molar refractivity (Wildman–Crippen MR) is 90.6 cm³/mol. The summed E-state index contributed by atoms with van der Waals surface area (Å²) in [6.45, 7) is 0.201. The van der Waals surface area contributed by atoms with Gasteiger partial charge >= 0.3 is 0 Å². The Morgan fingerprint density at radius 2 is 1.75 bits per heavy atom. The van der Waals surface area contributed by atoms with E-state index in [4.69, 9.17) is 12.2 Å². The third-order valence-electron chi connectivity index (χ3n) is 4.69. The molecule has 8 nitrogen and oxygen atoms in total. The van der Waals surface area contributed by atoms with Crippen LogP contribution in [-0.2, 0) is 16.0 Å². The minimum Gasteiger partial charge on any atom is -0.373 e. The number of benzene rings is 1. The number of fused-ring (bicyclic) bond motifs is 1. The summed E-state index contributed by atoms with van der Waals surface area (Å²) in [7, 11) is 4.84. The highest BCUT2D eigenvalue weighted by Gasteiger charge is 2.56. The second kappa shape index (κ2) is 5.23. The molecule has 1 aromatic rings. The van der Waals surface area contributed by atoms with E-state index in [1.165, 1.54) is 36.0 Å². The molecule has 2 heterocycles. The van der Waals surface area contributed by atoms with Crippen molar-refractivity contribution in [2.24, 2.45) is 5.41 Å². The van der Waals surface area contributed by atoms with Gasteiger partial charge < -0.3 is 4.90 Å². The van der Waals surface area contributed by atoms with Crippen LogP contribution in [0, 0.1) is 15.5 Å². The van der Waals surface area contributed by atoms with Gasteiger partial charge in [-0.15, -0.1) is 0 Å². The van der Waals surface area contributed by atoms with Gasteiger partial charge in [0.1, 0.15) is 5.41 Å². The lowest BCUT2D eigenvalue weighted by atomic mass is 9.74. The zero-order chi connectivity index (χ0) is 17.8. The lowest BCUT2D eigenvalue weighted by molar-refractivity contribution is -0.384. The van der Waals surface area contributed by atoms with Gasteiger partial charge in [0, 0.05) is 45.5 Å². The van der Waals surface area contributed by atoms with Gasteiger partial charge in [0.25, 0.3) is 5.69 Å². The monoisotopic (exact) mass is 348 g/mol. The topological polar surface area (TPSA) is 87.0 Å². The average molecular weight is 348 g/mol. The molecule has 2 aliphatic heterocycles. The van der Waals surface area contributed by atoms with Crippen molar-refractivity contribution in [1.82, 2.24) is 9.80 Å². The highest BCUT2D eigenvalue weighted by molar-refractivity contribution is 7.80. The molecule has 1 fully saturated rings. The molecule has 0 atom stereocenters. The number of carbonyl (C=O) groups excluding carboxylic acids is 2.